The molecule has 0 aromatic heterocycles. The summed E-state index contributed by atoms with van der Waals surface area (Å²) in [5, 5.41) is 0. The van der Waals surface area contributed by atoms with Crippen LogP contribution >= 0.6 is 0 Å². The SMILES string of the molecule is C.C.C.C=C(C)C(=O)OCC1CCC(CC2CCC(CC3CCC(COC(=O)C(=C)C)CC3)CC2)CC1. The third kappa shape index (κ3) is 12.2. The normalized spacial score (nSPS) is 29.4. The van der Waals surface area contributed by atoms with Crippen molar-refractivity contribution >= 4 is 11.9 Å². The zero-order chi connectivity index (χ0) is 24.5. The number of hydrogen-bond donors (Lipinski definition) is 0. The van der Waals surface area contributed by atoms with Gasteiger partial charge in [-0.25, -0.2) is 9.59 Å². The maximum Gasteiger partial charge on any atom is 0.333 e. The first kappa shape index (κ1) is 35.4. The Labute approximate surface area is 230 Å². The summed E-state index contributed by atoms with van der Waals surface area (Å²) < 4.78 is 10.8. The van der Waals surface area contributed by atoms with Crippen molar-refractivity contribution in [2.24, 2.45) is 35.5 Å². The molecule has 0 saturated heterocycles. The topological polar surface area (TPSA) is 52.6 Å². The van der Waals surface area contributed by atoms with E-state index < -0.39 is 0 Å². The summed E-state index contributed by atoms with van der Waals surface area (Å²) >= 11 is 0. The number of hydrogen-bond acceptors (Lipinski definition) is 4. The van der Waals surface area contributed by atoms with Crippen molar-refractivity contribution in [3.05, 3.63) is 24.3 Å². The highest BCUT2D eigenvalue weighted by atomic mass is 16.5. The molecule has 3 aliphatic rings. The summed E-state index contributed by atoms with van der Waals surface area (Å²) in [5.74, 6) is 4.22. The average Bonchev–Trinajstić information content (AvgIpc) is 2.83. The van der Waals surface area contributed by atoms with Crippen LogP contribution in [0.3, 0.4) is 0 Å². The van der Waals surface area contributed by atoms with Gasteiger partial charge in [0, 0.05) is 11.1 Å². The Kier molecular flexibility index (Phi) is 17.1. The molecule has 0 unspecified atom stereocenters. The second kappa shape index (κ2) is 17.8. The molecule has 4 heteroatoms. The van der Waals surface area contributed by atoms with E-state index in [-0.39, 0.29) is 34.2 Å². The lowest BCUT2D eigenvalue weighted by Gasteiger charge is -2.36. The number of carbonyl (C=O) groups is 2. The maximum absolute atomic E-state index is 11.6. The summed E-state index contributed by atoms with van der Waals surface area (Å²) in [7, 11) is 0. The molecule has 3 rings (SSSR count). The molecule has 3 fully saturated rings. The summed E-state index contributed by atoms with van der Waals surface area (Å²) in [6, 6.07) is 0. The number of carbonyl (C=O) groups excluding carboxylic acids is 2. The van der Waals surface area contributed by atoms with Crippen molar-refractivity contribution in [1.82, 2.24) is 0 Å². The molecule has 0 N–H and O–H groups in total. The number of rotatable bonds is 10. The number of ether oxygens (including phenoxy) is 2. The van der Waals surface area contributed by atoms with Crippen LogP contribution in [0.15, 0.2) is 24.3 Å². The summed E-state index contributed by atoms with van der Waals surface area (Å²) in [6.07, 6.45) is 18.6. The van der Waals surface area contributed by atoms with Crippen LogP contribution in [0, 0.1) is 35.5 Å². The highest BCUT2D eigenvalue weighted by Crippen LogP contribution is 2.42. The van der Waals surface area contributed by atoms with Gasteiger partial charge in [-0.15, -0.1) is 0 Å². The Hall–Kier alpha value is -1.58. The Bertz CT molecular complexity index is 627. The van der Waals surface area contributed by atoms with Gasteiger partial charge in [0.25, 0.3) is 0 Å². The van der Waals surface area contributed by atoms with Gasteiger partial charge in [-0.3, -0.25) is 0 Å². The minimum Gasteiger partial charge on any atom is -0.462 e. The van der Waals surface area contributed by atoms with E-state index in [0.29, 0.717) is 36.2 Å². The van der Waals surface area contributed by atoms with E-state index in [1.807, 2.05) is 0 Å². The van der Waals surface area contributed by atoms with Gasteiger partial charge in [0.15, 0.2) is 0 Å². The predicted octanol–water partition coefficient (Wildman–Crippen LogP) is 9.33. The fourth-order valence-electron chi connectivity index (χ4n) is 6.55. The first-order chi connectivity index (χ1) is 16.3. The minimum absolute atomic E-state index is 0. The van der Waals surface area contributed by atoms with Crippen LogP contribution in [-0.4, -0.2) is 25.2 Å². The Morgan fingerprint density at radius 3 is 0.946 bits per heavy atom. The lowest BCUT2D eigenvalue weighted by Crippen LogP contribution is -2.25. The van der Waals surface area contributed by atoms with Gasteiger partial charge >= 0.3 is 11.9 Å². The van der Waals surface area contributed by atoms with Crippen molar-refractivity contribution in [2.75, 3.05) is 13.2 Å². The molecule has 0 aromatic carbocycles. The molecule has 0 aliphatic heterocycles. The highest BCUT2D eigenvalue weighted by molar-refractivity contribution is 5.87. The first-order valence-electron chi connectivity index (χ1n) is 13.9. The minimum atomic E-state index is -0.240. The van der Waals surface area contributed by atoms with E-state index in [0.717, 1.165) is 23.7 Å². The second-order valence-electron chi connectivity index (χ2n) is 11.9. The summed E-state index contributed by atoms with van der Waals surface area (Å²) in [4.78, 5) is 23.2. The largest absolute Gasteiger partial charge is 0.462 e. The molecular formula is C33H60O4. The van der Waals surface area contributed by atoms with Crippen molar-refractivity contribution < 1.29 is 19.1 Å². The molecule has 37 heavy (non-hydrogen) atoms. The second-order valence-corrected chi connectivity index (χ2v) is 11.9. The third-order valence-corrected chi connectivity index (χ3v) is 8.83. The smallest absolute Gasteiger partial charge is 0.333 e. The van der Waals surface area contributed by atoms with Gasteiger partial charge < -0.3 is 9.47 Å². The van der Waals surface area contributed by atoms with Crippen LogP contribution in [0.4, 0.5) is 0 Å². The predicted molar refractivity (Wildman–Crippen MR) is 157 cm³/mol. The Morgan fingerprint density at radius 1 is 0.514 bits per heavy atom. The molecule has 0 spiro atoms. The highest BCUT2D eigenvalue weighted by Gasteiger charge is 2.30. The molecule has 4 nitrogen and oxygen atoms in total. The molecule has 0 aromatic rings. The fraction of sp³-hybridized carbons (Fsp3) is 0.818. The van der Waals surface area contributed by atoms with Crippen LogP contribution in [0.5, 0.6) is 0 Å². The molecule has 0 heterocycles. The summed E-state index contributed by atoms with van der Waals surface area (Å²) in [6.45, 7) is 11.9. The van der Waals surface area contributed by atoms with E-state index in [1.165, 1.54) is 89.9 Å². The van der Waals surface area contributed by atoms with Gasteiger partial charge in [-0.2, -0.15) is 0 Å². The lowest BCUT2D eigenvalue weighted by atomic mass is 9.70. The average molecular weight is 521 g/mol. The molecule has 3 aliphatic carbocycles. The zero-order valence-corrected chi connectivity index (χ0v) is 21.8. The Balaban J connectivity index is 0.00000432. The van der Waals surface area contributed by atoms with Crippen molar-refractivity contribution in [1.29, 1.82) is 0 Å². The van der Waals surface area contributed by atoms with Crippen molar-refractivity contribution in [3.63, 3.8) is 0 Å². The quantitative estimate of drug-likeness (QED) is 0.213. The molecule has 0 atom stereocenters. The van der Waals surface area contributed by atoms with Gasteiger partial charge in [0.2, 0.25) is 0 Å². The van der Waals surface area contributed by atoms with Crippen LogP contribution in [0.25, 0.3) is 0 Å². The van der Waals surface area contributed by atoms with Gasteiger partial charge in [0.1, 0.15) is 0 Å². The van der Waals surface area contributed by atoms with E-state index in [4.69, 9.17) is 9.47 Å². The van der Waals surface area contributed by atoms with Crippen LogP contribution in [-0.2, 0) is 19.1 Å². The number of esters is 2. The molecule has 3 saturated carbocycles. The van der Waals surface area contributed by atoms with E-state index >= 15 is 0 Å². The lowest BCUT2D eigenvalue weighted by molar-refractivity contribution is -0.141. The van der Waals surface area contributed by atoms with Crippen LogP contribution < -0.4 is 0 Å². The van der Waals surface area contributed by atoms with Crippen molar-refractivity contribution in [3.8, 4) is 0 Å². The van der Waals surface area contributed by atoms with E-state index in [9.17, 15) is 9.59 Å². The standard InChI is InChI=1S/C30H48O4.3CH4/c1-21(2)29(31)33-19-27-13-9-25(10-14-27)17-23-5-7-24(8-6-23)18-26-11-15-28(16-12-26)20-34-30(32)22(3)4;;;/h23-28H,1,3,5-20H2,2,4H3;3*1H4. The van der Waals surface area contributed by atoms with Crippen molar-refractivity contribution in [2.45, 2.75) is 126 Å². The van der Waals surface area contributed by atoms with Crippen LogP contribution in [0.2, 0.25) is 0 Å². The molecule has 0 bridgehead atoms. The molecular weight excluding hydrogens is 460 g/mol. The first-order valence-corrected chi connectivity index (χ1v) is 13.9. The van der Waals surface area contributed by atoms with E-state index in [1.54, 1.807) is 13.8 Å². The van der Waals surface area contributed by atoms with E-state index in [2.05, 4.69) is 13.2 Å². The van der Waals surface area contributed by atoms with Crippen LogP contribution in [0.1, 0.15) is 126 Å². The molecule has 0 amide bonds. The molecule has 0 radical (unpaired) electrons. The maximum atomic E-state index is 11.6. The molecule has 216 valence electrons. The fourth-order valence-corrected chi connectivity index (χ4v) is 6.55. The third-order valence-electron chi connectivity index (χ3n) is 8.83. The monoisotopic (exact) mass is 520 g/mol. The van der Waals surface area contributed by atoms with Gasteiger partial charge in [-0.1, -0.05) is 86.8 Å². The summed E-state index contributed by atoms with van der Waals surface area (Å²) in [5.41, 5.74) is 0.997. The van der Waals surface area contributed by atoms with Gasteiger partial charge in [-0.05, 0) is 87.9 Å². The zero-order valence-electron chi connectivity index (χ0n) is 21.8. The Morgan fingerprint density at radius 2 is 0.730 bits per heavy atom. The van der Waals surface area contributed by atoms with Gasteiger partial charge in [0.05, 0.1) is 13.2 Å².